The van der Waals surface area contributed by atoms with Gasteiger partial charge < -0.3 is 5.11 Å². The number of halogens is 1. The second-order valence-corrected chi connectivity index (χ2v) is 5.21. The zero-order valence-electron chi connectivity index (χ0n) is 8.79. The zero-order chi connectivity index (χ0) is 13.0. The van der Waals surface area contributed by atoms with E-state index in [9.17, 15) is 14.9 Å². The maximum absolute atomic E-state index is 10.8. The van der Waals surface area contributed by atoms with Crippen molar-refractivity contribution in [3.05, 3.63) is 26.9 Å². The first-order valence-corrected chi connectivity index (χ1v) is 6.35. The number of hydrogen-bond acceptors (Lipinski definition) is 5. The van der Waals surface area contributed by atoms with Crippen molar-refractivity contribution >= 4 is 39.3 Å². The Balaban J connectivity index is 2.84. The van der Waals surface area contributed by atoms with Crippen LogP contribution in [0.4, 0.5) is 5.69 Å². The van der Waals surface area contributed by atoms with Gasteiger partial charge in [0.15, 0.2) is 5.03 Å². The molecular weight excluding hydrogens is 312 g/mol. The maximum Gasteiger partial charge on any atom is 0.307 e. The minimum absolute atomic E-state index is 0.123. The molecule has 0 amide bonds. The molecule has 0 aliphatic carbocycles. The summed E-state index contributed by atoms with van der Waals surface area (Å²) in [5.74, 6) is -1.27. The van der Waals surface area contributed by atoms with Crippen LogP contribution in [0.3, 0.4) is 0 Å². The second-order valence-electron chi connectivity index (χ2n) is 3.29. The van der Waals surface area contributed by atoms with Gasteiger partial charge in [-0.3, -0.25) is 14.9 Å². The van der Waals surface area contributed by atoms with Crippen molar-refractivity contribution in [2.75, 3.05) is 5.75 Å². The summed E-state index contributed by atoms with van der Waals surface area (Å²) < 4.78 is 0.514. The molecule has 1 atom stereocenters. The Kier molecular flexibility index (Phi) is 4.88. The van der Waals surface area contributed by atoms with Crippen LogP contribution in [0.2, 0.25) is 0 Å². The number of carbonyl (C=O) groups is 1. The topological polar surface area (TPSA) is 93.3 Å². The molecule has 0 aliphatic heterocycles. The molecule has 0 radical (unpaired) electrons. The fraction of sp³-hybridized carbons (Fsp3) is 0.333. The van der Waals surface area contributed by atoms with Crippen LogP contribution in [0.5, 0.6) is 0 Å². The lowest BCUT2D eigenvalue weighted by atomic mass is 10.2. The first-order valence-electron chi connectivity index (χ1n) is 4.57. The van der Waals surface area contributed by atoms with Crippen molar-refractivity contribution in [1.82, 2.24) is 4.98 Å². The number of pyridine rings is 1. The molecule has 92 valence electrons. The van der Waals surface area contributed by atoms with Gasteiger partial charge >= 0.3 is 11.7 Å². The molecule has 0 fully saturated rings. The quantitative estimate of drug-likeness (QED) is 0.509. The van der Waals surface area contributed by atoms with Crippen LogP contribution in [-0.2, 0) is 4.79 Å². The third-order valence-electron chi connectivity index (χ3n) is 1.89. The molecule has 0 aliphatic rings. The lowest BCUT2D eigenvalue weighted by molar-refractivity contribution is -0.388. The molecule has 1 aromatic rings. The number of carboxylic acid groups (broad SMARTS) is 1. The van der Waals surface area contributed by atoms with Crippen molar-refractivity contribution in [2.24, 2.45) is 5.92 Å². The summed E-state index contributed by atoms with van der Waals surface area (Å²) >= 11 is 4.16. The number of aliphatic carboxylic acids is 1. The standard InChI is InChI=1S/C9H9BrN2O4S/c1-5(9(13)14)4-17-8-7(12(15)16)2-6(10)3-11-8/h2-3,5H,4H2,1H3,(H,13,14). The third kappa shape index (κ3) is 3.97. The molecule has 1 unspecified atom stereocenters. The van der Waals surface area contributed by atoms with Gasteiger partial charge in [-0.15, -0.1) is 0 Å². The van der Waals surface area contributed by atoms with Gasteiger partial charge in [0.05, 0.1) is 10.8 Å². The van der Waals surface area contributed by atoms with Gasteiger partial charge in [-0.2, -0.15) is 0 Å². The van der Waals surface area contributed by atoms with E-state index in [1.165, 1.54) is 12.3 Å². The summed E-state index contributed by atoms with van der Waals surface area (Å²) in [6, 6.07) is 1.35. The molecule has 0 spiro atoms. The van der Waals surface area contributed by atoms with E-state index in [0.29, 0.717) is 4.47 Å². The van der Waals surface area contributed by atoms with E-state index in [4.69, 9.17) is 5.11 Å². The van der Waals surface area contributed by atoms with E-state index < -0.39 is 16.8 Å². The lowest BCUT2D eigenvalue weighted by Gasteiger charge is -2.05. The highest BCUT2D eigenvalue weighted by Crippen LogP contribution is 2.30. The molecule has 1 rings (SSSR count). The van der Waals surface area contributed by atoms with Gasteiger partial charge in [-0.25, -0.2) is 4.98 Å². The van der Waals surface area contributed by atoms with E-state index in [1.54, 1.807) is 6.92 Å². The van der Waals surface area contributed by atoms with Crippen LogP contribution in [0.1, 0.15) is 6.92 Å². The van der Waals surface area contributed by atoms with E-state index >= 15 is 0 Å². The smallest absolute Gasteiger partial charge is 0.307 e. The molecule has 0 bridgehead atoms. The van der Waals surface area contributed by atoms with Crippen molar-refractivity contribution in [1.29, 1.82) is 0 Å². The van der Waals surface area contributed by atoms with E-state index in [-0.39, 0.29) is 16.5 Å². The molecule has 1 aromatic heterocycles. The number of thioether (sulfide) groups is 1. The largest absolute Gasteiger partial charge is 0.481 e. The van der Waals surface area contributed by atoms with E-state index in [2.05, 4.69) is 20.9 Å². The van der Waals surface area contributed by atoms with Crippen LogP contribution in [-0.4, -0.2) is 26.7 Å². The zero-order valence-corrected chi connectivity index (χ0v) is 11.2. The van der Waals surface area contributed by atoms with Crippen LogP contribution in [0.25, 0.3) is 0 Å². The molecule has 0 saturated carbocycles. The van der Waals surface area contributed by atoms with Gasteiger partial charge in [-0.05, 0) is 15.9 Å². The Hall–Kier alpha value is -1.15. The Morgan fingerprint density at radius 3 is 2.94 bits per heavy atom. The average molecular weight is 321 g/mol. The van der Waals surface area contributed by atoms with Crippen LogP contribution in [0.15, 0.2) is 21.8 Å². The predicted octanol–water partition coefficient (Wildman–Crippen LogP) is 2.57. The highest BCUT2D eigenvalue weighted by Gasteiger charge is 2.19. The van der Waals surface area contributed by atoms with E-state index in [0.717, 1.165) is 11.8 Å². The number of nitrogens with zero attached hydrogens (tertiary/aromatic N) is 2. The first kappa shape index (κ1) is 13.9. The highest BCUT2D eigenvalue weighted by atomic mass is 79.9. The van der Waals surface area contributed by atoms with Crippen molar-refractivity contribution in [3.8, 4) is 0 Å². The van der Waals surface area contributed by atoms with Gasteiger partial charge in [-0.1, -0.05) is 18.7 Å². The summed E-state index contributed by atoms with van der Waals surface area (Å²) in [6.07, 6.45) is 1.45. The Bertz CT molecular complexity index is 455. The Labute approximate surface area is 110 Å². The number of aromatic nitrogens is 1. The molecule has 8 heteroatoms. The molecule has 1 heterocycles. The van der Waals surface area contributed by atoms with Crippen molar-refractivity contribution in [2.45, 2.75) is 11.9 Å². The number of hydrogen-bond donors (Lipinski definition) is 1. The number of rotatable bonds is 5. The Morgan fingerprint density at radius 1 is 1.76 bits per heavy atom. The van der Waals surface area contributed by atoms with Gasteiger partial charge in [0, 0.05) is 22.5 Å². The SMILES string of the molecule is CC(CSc1ncc(Br)cc1[N+](=O)[O-])C(=O)O. The molecule has 17 heavy (non-hydrogen) atoms. The van der Waals surface area contributed by atoms with Crippen LogP contribution >= 0.6 is 27.7 Å². The fourth-order valence-corrected chi connectivity index (χ4v) is 2.21. The van der Waals surface area contributed by atoms with Gasteiger partial charge in [0.1, 0.15) is 0 Å². The maximum atomic E-state index is 10.8. The number of nitro groups is 1. The third-order valence-corrected chi connectivity index (χ3v) is 3.58. The summed E-state index contributed by atoms with van der Waals surface area (Å²) in [4.78, 5) is 24.8. The van der Waals surface area contributed by atoms with Crippen molar-refractivity contribution in [3.63, 3.8) is 0 Å². The number of carboxylic acids is 1. The van der Waals surface area contributed by atoms with Gasteiger partial charge in [0.2, 0.25) is 0 Å². The summed E-state index contributed by atoms with van der Waals surface area (Å²) in [5.41, 5.74) is -0.123. The normalized spacial score (nSPS) is 12.1. The molecule has 0 aromatic carbocycles. The van der Waals surface area contributed by atoms with Crippen LogP contribution < -0.4 is 0 Å². The Morgan fingerprint density at radius 2 is 2.41 bits per heavy atom. The highest BCUT2D eigenvalue weighted by molar-refractivity contribution is 9.10. The predicted molar refractivity (Wildman–Crippen MR) is 66.1 cm³/mol. The minimum atomic E-state index is -0.933. The second kappa shape index (κ2) is 5.97. The van der Waals surface area contributed by atoms with Crippen LogP contribution in [0, 0.1) is 16.0 Å². The molecule has 6 nitrogen and oxygen atoms in total. The summed E-state index contributed by atoms with van der Waals surface area (Å²) in [5, 5.41) is 19.7. The average Bonchev–Trinajstić information content (AvgIpc) is 2.26. The molecule has 1 N–H and O–H groups in total. The molecular formula is C9H9BrN2O4S. The summed E-state index contributed by atoms with van der Waals surface area (Å²) in [7, 11) is 0. The van der Waals surface area contributed by atoms with Crippen molar-refractivity contribution < 1.29 is 14.8 Å². The van der Waals surface area contributed by atoms with Gasteiger partial charge in [0.25, 0.3) is 0 Å². The monoisotopic (exact) mass is 320 g/mol. The van der Waals surface area contributed by atoms with E-state index in [1.807, 2.05) is 0 Å². The first-order chi connectivity index (χ1) is 7.91. The minimum Gasteiger partial charge on any atom is -0.481 e. The summed E-state index contributed by atoms with van der Waals surface area (Å²) in [6.45, 7) is 1.54. The fourth-order valence-electron chi connectivity index (χ4n) is 0.933. The lowest BCUT2D eigenvalue weighted by Crippen LogP contribution is -2.12. The molecule has 0 saturated heterocycles.